The first kappa shape index (κ1) is 14.7. The fourth-order valence-electron chi connectivity index (χ4n) is 2.88. The maximum atomic E-state index is 12.7. The van der Waals surface area contributed by atoms with Gasteiger partial charge in [-0.3, -0.25) is 4.79 Å². The Balaban J connectivity index is 2.29. The molecule has 1 aromatic rings. The van der Waals surface area contributed by atoms with Crippen molar-refractivity contribution >= 4 is 5.91 Å². The van der Waals surface area contributed by atoms with Gasteiger partial charge in [0.1, 0.15) is 0 Å². The molecule has 2 rings (SSSR count). The third kappa shape index (κ3) is 2.89. The van der Waals surface area contributed by atoms with Gasteiger partial charge in [0.2, 0.25) is 0 Å². The quantitative estimate of drug-likeness (QED) is 0.923. The molecule has 4 heteroatoms. The minimum absolute atomic E-state index is 0.0564. The normalized spacial score (nSPS) is 19.5. The molecule has 110 valence electrons. The minimum atomic E-state index is -0.0878. The van der Waals surface area contributed by atoms with Gasteiger partial charge in [0.25, 0.3) is 5.91 Å². The number of nitrogens with zero attached hydrogens (tertiary/aromatic N) is 1. The highest BCUT2D eigenvalue weighted by atomic mass is 16.5. The Kier molecular flexibility index (Phi) is 4.88. The molecule has 1 heterocycles. The first-order chi connectivity index (χ1) is 9.69. The average molecular weight is 277 g/mol. The van der Waals surface area contributed by atoms with Crippen LogP contribution in [0.5, 0.6) is 11.5 Å². The molecule has 1 unspecified atom stereocenters. The Hall–Kier alpha value is -1.71. The van der Waals surface area contributed by atoms with Gasteiger partial charge in [-0.2, -0.15) is 0 Å². The number of ether oxygens (including phenoxy) is 1. The van der Waals surface area contributed by atoms with E-state index in [1.165, 1.54) is 20.0 Å². The second-order valence-corrected chi connectivity index (χ2v) is 5.27. The van der Waals surface area contributed by atoms with Crippen LogP contribution < -0.4 is 4.74 Å². The Morgan fingerprint density at radius 1 is 1.40 bits per heavy atom. The van der Waals surface area contributed by atoms with E-state index < -0.39 is 0 Å². The van der Waals surface area contributed by atoms with Crippen LogP contribution >= 0.6 is 0 Å². The predicted octanol–water partition coefficient (Wildman–Crippen LogP) is 3.20. The van der Waals surface area contributed by atoms with Crippen molar-refractivity contribution in [1.82, 2.24) is 4.90 Å². The van der Waals surface area contributed by atoms with Crippen molar-refractivity contribution in [3.05, 3.63) is 23.8 Å². The summed E-state index contributed by atoms with van der Waals surface area (Å²) in [6.07, 6.45) is 5.38. The smallest absolute Gasteiger partial charge is 0.258 e. The third-order valence-corrected chi connectivity index (χ3v) is 4.06. The Labute approximate surface area is 120 Å². The van der Waals surface area contributed by atoms with Crippen molar-refractivity contribution in [2.75, 3.05) is 13.7 Å². The largest absolute Gasteiger partial charge is 0.504 e. The number of phenols is 1. The monoisotopic (exact) mass is 277 g/mol. The van der Waals surface area contributed by atoms with Gasteiger partial charge in [-0.15, -0.1) is 0 Å². The minimum Gasteiger partial charge on any atom is -0.504 e. The van der Waals surface area contributed by atoms with Crippen LogP contribution in [0.1, 0.15) is 49.4 Å². The van der Waals surface area contributed by atoms with E-state index in [0.29, 0.717) is 11.3 Å². The van der Waals surface area contributed by atoms with Crippen molar-refractivity contribution in [3.63, 3.8) is 0 Å². The molecule has 1 fully saturated rings. The zero-order valence-corrected chi connectivity index (χ0v) is 12.3. The number of hydrogen-bond donors (Lipinski definition) is 1. The molecule has 1 aromatic carbocycles. The summed E-state index contributed by atoms with van der Waals surface area (Å²) < 4.78 is 5.08. The van der Waals surface area contributed by atoms with Crippen LogP contribution in [0.15, 0.2) is 18.2 Å². The van der Waals surface area contributed by atoms with Crippen molar-refractivity contribution in [1.29, 1.82) is 0 Å². The molecular weight excluding hydrogens is 254 g/mol. The van der Waals surface area contributed by atoms with Gasteiger partial charge >= 0.3 is 0 Å². The van der Waals surface area contributed by atoms with E-state index in [-0.39, 0.29) is 17.7 Å². The molecule has 1 aliphatic rings. The number of rotatable bonds is 3. The SMILES string of the molecule is CCC1CCCCCN1C(=O)c1cccc(OC)c1O. The molecule has 1 saturated heterocycles. The molecule has 0 bridgehead atoms. The second-order valence-electron chi connectivity index (χ2n) is 5.27. The summed E-state index contributed by atoms with van der Waals surface area (Å²) in [4.78, 5) is 14.6. The number of carbonyl (C=O) groups is 1. The van der Waals surface area contributed by atoms with Crippen LogP contribution in [0.25, 0.3) is 0 Å². The number of amides is 1. The summed E-state index contributed by atoms with van der Waals surface area (Å²) in [7, 11) is 1.49. The number of benzene rings is 1. The molecule has 0 spiro atoms. The number of aromatic hydroxyl groups is 1. The Morgan fingerprint density at radius 2 is 2.20 bits per heavy atom. The predicted molar refractivity (Wildman–Crippen MR) is 78.2 cm³/mol. The van der Waals surface area contributed by atoms with E-state index in [0.717, 1.165) is 25.8 Å². The summed E-state index contributed by atoms with van der Waals surface area (Å²) in [5.74, 6) is 0.202. The molecule has 0 saturated carbocycles. The Bertz CT molecular complexity index is 473. The summed E-state index contributed by atoms with van der Waals surface area (Å²) in [5.41, 5.74) is 0.338. The number of methoxy groups -OCH3 is 1. The highest BCUT2D eigenvalue weighted by molar-refractivity contribution is 5.97. The molecule has 1 N–H and O–H groups in total. The topological polar surface area (TPSA) is 49.8 Å². The number of hydrogen-bond acceptors (Lipinski definition) is 3. The maximum absolute atomic E-state index is 12.7. The molecular formula is C16H23NO3. The van der Waals surface area contributed by atoms with Crippen molar-refractivity contribution in [2.24, 2.45) is 0 Å². The zero-order valence-electron chi connectivity index (χ0n) is 12.3. The van der Waals surface area contributed by atoms with Gasteiger partial charge in [-0.05, 0) is 31.4 Å². The highest BCUT2D eigenvalue weighted by Gasteiger charge is 2.27. The first-order valence-electron chi connectivity index (χ1n) is 7.36. The number of phenolic OH excluding ortho intramolecular Hbond substituents is 1. The van der Waals surface area contributed by atoms with Crippen LogP contribution in [0, 0.1) is 0 Å². The van der Waals surface area contributed by atoms with E-state index in [9.17, 15) is 9.90 Å². The molecule has 0 radical (unpaired) electrons. The summed E-state index contributed by atoms with van der Waals surface area (Å²) >= 11 is 0. The first-order valence-corrected chi connectivity index (χ1v) is 7.36. The standard InChI is InChI=1S/C16H23NO3/c1-3-12-8-5-4-6-11-17(12)16(19)13-9-7-10-14(20-2)15(13)18/h7,9-10,12,18H,3-6,8,11H2,1-2H3. The average Bonchev–Trinajstić information content (AvgIpc) is 2.72. The van der Waals surface area contributed by atoms with Crippen LogP contribution in [-0.2, 0) is 0 Å². The van der Waals surface area contributed by atoms with Crippen molar-refractivity contribution in [3.8, 4) is 11.5 Å². The number of likely N-dealkylation sites (tertiary alicyclic amines) is 1. The van der Waals surface area contributed by atoms with E-state index >= 15 is 0 Å². The van der Waals surface area contributed by atoms with Crippen molar-refractivity contribution in [2.45, 2.75) is 45.1 Å². The molecule has 1 atom stereocenters. The lowest BCUT2D eigenvalue weighted by atomic mass is 10.1. The number of para-hydroxylation sites is 1. The van der Waals surface area contributed by atoms with Gasteiger partial charge in [0.05, 0.1) is 12.7 Å². The van der Waals surface area contributed by atoms with Crippen molar-refractivity contribution < 1.29 is 14.6 Å². The van der Waals surface area contributed by atoms with Gasteiger partial charge < -0.3 is 14.7 Å². The maximum Gasteiger partial charge on any atom is 0.258 e. The van der Waals surface area contributed by atoms with Gasteiger partial charge in [-0.25, -0.2) is 0 Å². The second kappa shape index (κ2) is 6.64. The lowest BCUT2D eigenvalue weighted by Crippen LogP contribution is -2.39. The molecule has 1 amide bonds. The molecule has 0 aromatic heterocycles. The Morgan fingerprint density at radius 3 is 2.90 bits per heavy atom. The summed E-state index contributed by atoms with van der Waals surface area (Å²) in [6, 6.07) is 5.34. The van der Waals surface area contributed by atoms with E-state index in [2.05, 4.69) is 6.92 Å². The van der Waals surface area contributed by atoms with E-state index in [1.54, 1.807) is 18.2 Å². The fourth-order valence-corrected chi connectivity index (χ4v) is 2.88. The summed E-state index contributed by atoms with van der Waals surface area (Å²) in [5, 5.41) is 10.1. The third-order valence-electron chi connectivity index (χ3n) is 4.06. The van der Waals surface area contributed by atoms with Crippen LogP contribution in [-0.4, -0.2) is 35.6 Å². The van der Waals surface area contributed by atoms with Crippen LogP contribution in [0.4, 0.5) is 0 Å². The zero-order chi connectivity index (χ0) is 14.5. The number of carbonyl (C=O) groups excluding carboxylic acids is 1. The lowest BCUT2D eigenvalue weighted by Gasteiger charge is -2.29. The van der Waals surface area contributed by atoms with Gasteiger partial charge in [0.15, 0.2) is 11.5 Å². The molecule has 0 aliphatic carbocycles. The molecule has 1 aliphatic heterocycles. The molecule has 4 nitrogen and oxygen atoms in total. The summed E-state index contributed by atoms with van der Waals surface area (Å²) in [6.45, 7) is 2.88. The van der Waals surface area contributed by atoms with Gasteiger partial charge in [0, 0.05) is 12.6 Å². The fraction of sp³-hybridized carbons (Fsp3) is 0.562. The lowest BCUT2D eigenvalue weighted by molar-refractivity contribution is 0.0674. The highest BCUT2D eigenvalue weighted by Crippen LogP contribution is 2.31. The molecule has 20 heavy (non-hydrogen) atoms. The van der Waals surface area contributed by atoms with Crippen LogP contribution in [0.2, 0.25) is 0 Å². The van der Waals surface area contributed by atoms with Crippen LogP contribution in [0.3, 0.4) is 0 Å². The van der Waals surface area contributed by atoms with E-state index in [1.807, 2.05) is 4.90 Å². The van der Waals surface area contributed by atoms with Gasteiger partial charge in [-0.1, -0.05) is 25.8 Å². The van der Waals surface area contributed by atoms with E-state index in [4.69, 9.17) is 4.74 Å².